The van der Waals surface area contributed by atoms with E-state index in [1.54, 1.807) is 10.4 Å². The monoisotopic (exact) mass is 309 g/mol. The van der Waals surface area contributed by atoms with Crippen LogP contribution in [0.15, 0.2) is 23.1 Å². The fraction of sp³-hybridized carbons (Fsp3) is 0.600. The standard InChI is InChI=1S/C15H23N3O2S/c1-12-11-17(2)8-9-18(12)21(19,20)14-5-6-15-13(10-14)4-3-7-16-15/h5-6,10,12,16H,3-4,7-9,11H2,1-2H3. The summed E-state index contributed by atoms with van der Waals surface area (Å²) >= 11 is 0. The summed E-state index contributed by atoms with van der Waals surface area (Å²) in [5, 5.41) is 3.32. The lowest BCUT2D eigenvalue weighted by Gasteiger charge is -2.37. The molecule has 1 aromatic carbocycles. The minimum atomic E-state index is -3.39. The highest BCUT2D eigenvalue weighted by Gasteiger charge is 2.33. The minimum absolute atomic E-state index is 0.0166. The number of anilines is 1. The number of aryl methyl sites for hydroxylation is 1. The van der Waals surface area contributed by atoms with Gasteiger partial charge in [-0.2, -0.15) is 4.31 Å². The van der Waals surface area contributed by atoms with Crippen LogP contribution in [0.5, 0.6) is 0 Å². The van der Waals surface area contributed by atoms with Crippen molar-refractivity contribution in [2.45, 2.75) is 30.7 Å². The van der Waals surface area contributed by atoms with Crippen molar-refractivity contribution in [3.63, 3.8) is 0 Å². The lowest BCUT2D eigenvalue weighted by atomic mass is 10.0. The molecule has 2 aliphatic rings. The number of nitrogens with zero attached hydrogens (tertiary/aromatic N) is 2. The number of piperazine rings is 1. The first-order chi connectivity index (χ1) is 9.98. The molecular formula is C15H23N3O2S. The van der Waals surface area contributed by atoms with Gasteiger partial charge in [0.2, 0.25) is 10.0 Å². The first-order valence-corrected chi connectivity index (χ1v) is 8.99. The second-order valence-corrected chi connectivity index (χ2v) is 7.97. The van der Waals surface area contributed by atoms with Gasteiger partial charge in [0.15, 0.2) is 0 Å². The summed E-state index contributed by atoms with van der Waals surface area (Å²) < 4.78 is 27.4. The smallest absolute Gasteiger partial charge is 0.243 e. The summed E-state index contributed by atoms with van der Waals surface area (Å²) in [6.45, 7) is 5.08. The van der Waals surface area contributed by atoms with Crippen molar-refractivity contribution >= 4 is 15.7 Å². The Kier molecular flexibility index (Phi) is 3.94. The fourth-order valence-corrected chi connectivity index (χ4v) is 4.89. The summed E-state index contributed by atoms with van der Waals surface area (Å²) in [5.41, 5.74) is 2.19. The average Bonchev–Trinajstić information content (AvgIpc) is 2.46. The quantitative estimate of drug-likeness (QED) is 0.896. The third-order valence-electron chi connectivity index (χ3n) is 4.39. The number of hydrogen-bond acceptors (Lipinski definition) is 4. The molecule has 1 fully saturated rings. The molecule has 0 aliphatic carbocycles. The van der Waals surface area contributed by atoms with Crippen molar-refractivity contribution in [1.29, 1.82) is 0 Å². The third kappa shape index (κ3) is 2.80. The van der Waals surface area contributed by atoms with E-state index in [4.69, 9.17) is 0 Å². The molecule has 3 rings (SSSR count). The minimum Gasteiger partial charge on any atom is -0.385 e. The van der Waals surface area contributed by atoms with E-state index in [1.807, 2.05) is 26.1 Å². The van der Waals surface area contributed by atoms with Gasteiger partial charge >= 0.3 is 0 Å². The van der Waals surface area contributed by atoms with Crippen molar-refractivity contribution in [3.8, 4) is 0 Å². The predicted molar refractivity (Wildman–Crippen MR) is 84.1 cm³/mol. The molecule has 6 heteroatoms. The second-order valence-electron chi connectivity index (χ2n) is 6.08. The number of likely N-dealkylation sites (N-methyl/N-ethyl adjacent to an activating group) is 1. The number of nitrogens with one attached hydrogen (secondary N) is 1. The van der Waals surface area contributed by atoms with E-state index in [-0.39, 0.29) is 6.04 Å². The molecule has 1 unspecified atom stereocenters. The number of fused-ring (bicyclic) bond motifs is 1. The summed E-state index contributed by atoms with van der Waals surface area (Å²) in [4.78, 5) is 2.61. The van der Waals surface area contributed by atoms with Crippen LogP contribution in [0, 0.1) is 0 Å². The molecule has 1 aromatic rings. The van der Waals surface area contributed by atoms with Crippen molar-refractivity contribution in [2.75, 3.05) is 38.5 Å². The van der Waals surface area contributed by atoms with E-state index >= 15 is 0 Å². The number of hydrogen-bond donors (Lipinski definition) is 1. The summed E-state index contributed by atoms with van der Waals surface area (Å²) in [5.74, 6) is 0. The van der Waals surface area contributed by atoms with Crippen LogP contribution in [0.25, 0.3) is 0 Å². The lowest BCUT2D eigenvalue weighted by molar-refractivity contribution is 0.170. The van der Waals surface area contributed by atoms with E-state index in [1.165, 1.54) is 0 Å². The maximum absolute atomic E-state index is 12.9. The van der Waals surface area contributed by atoms with Gasteiger partial charge in [0.1, 0.15) is 0 Å². The third-order valence-corrected chi connectivity index (χ3v) is 6.40. The van der Waals surface area contributed by atoms with E-state index in [0.717, 1.165) is 43.7 Å². The molecule has 0 saturated carbocycles. The molecule has 116 valence electrons. The predicted octanol–water partition coefficient (Wildman–Crippen LogP) is 1.37. The van der Waals surface area contributed by atoms with Crippen LogP contribution >= 0.6 is 0 Å². The second kappa shape index (κ2) is 5.59. The highest BCUT2D eigenvalue weighted by atomic mass is 32.2. The van der Waals surface area contributed by atoms with Crippen LogP contribution in [0.4, 0.5) is 5.69 Å². The molecule has 0 aromatic heterocycles. The van der Waals surface area contributed by atoms with Crippen LogP contribution in [0.3, 0.4) is 0 Å². The van der Waals surface area contributed by atoms with Gasteiger partial charge in [-0.3, -0.25) is 0 Å². The van der Waals surface area contributed by atoms with Crippen molar-refractivity contribution in [1.82, 2.24) is 9.21 Å². The van der Waals surface area contributed by atoms with E-state index in [0.29, 0.717) is 11.4 Å². The zero-order chi connectivity index (χ0) is 15.0. The molecular weight excluding hydrogens is 286 g/mol. The Bertz CT molecular complexity index is 630. The Labute approximate surface area is 127 Å². The summed E-state index contributed by atoms with van der Waals surface area (Å²) in [7, 11) is -1.36. The fourth-order valence-electron chi connectivity index (χ4n) is 3.23. The topological polar surface area (TPSA) is 52.7 Å². The highest BCUT2D eigenvalue weighted by Crippen LogP contribution is 2.27. The van der Waals surface area contributed by atoms with Gasteiger partial charge in [-0.15, -0.1) is 0 Å². The SMILES string of the molecule is CC1CN(C)CCN1S(=O)(=O)c1ccc2c(c1)CCCN2. The van der Waals surface area contributed by atoms with Gasteiger partial charge in [0.25, 0.3) is 0 Å². The van der Waals surface area contributed by atoms with Crippen LogP contribution in [-0.2, 0) is 16.4 Å². The van der Waals surface area contributed by atoms with Gasteiger partial charge in [0, 0.05) is 37.9 Å². The van der Waals surface area contributed by atoms with Gasteiger partial charge in [0.05, 0.1) is 4.90 Å². The number of rotatable bonds is 2. The maximum atomic E-state index is 12.9. The van der Waals surface area contributed by atoms with Crippen molar-refractivity contribution in [3.05, 3.63) is 23.8 Å². The lowest BCUT2D eigenvalue weighted by Crippen LogP contribution is -2.52. The van der Waals surface area contributed by atoms with E-state index < -0.39 is 10.0 Å². The van der Waals surface area contributed by atoms with Gasteiger partial charge in [-0.1, -0.05) is 0 Å². The zero-order valence-corrected chi connectivity index (χ0v) is 13.5. The zero-order valence-electron chi connectivity index (χ0n) is 12.7. The summed E-state index contributed by atoms with van der Waals surface area (Å²) in [6.07, 6.45) is 2.01. The average molecular weight is 309 g/mol. The molecule has 1 saturated heterocycles. The molecule has 5 nitrogen and oxygen atoms in total. The highest BCUT2D eigenvalue weighted by molar-refractivity contribution is 7.89. The van der Waals surface area contributed by atoms with Crippen LogP contribution in [0.2, 0.25) is 0 Å². The first kappa shape index (κ1) is 14.8. The molecule has 0 radical (unpaired) electrons. The molecule has 2 aliphatic heterocycles. The van der Waals surface area contributed by atoms with Gasteiger partial charge in [-0.05, 0) is 50.6 Å². The first-order valence-electron chi connectivity index (χ1n) is 7.55. The molecule has 2 heterocycles. The normalized spacial score (nSPS) is 24.4. The number of benzene rings is 1. The molecule has 1 N–H and O–H groups in total. The Morgan fingerprint density at radius 1 is 1.29 bits per heavy atom. The molecule has 0 bridgehead atoms. The Morgan fingerprint density at radius 2 is 2.10 bits per heavy atom. The molecule has 1 atom stereocenters. The molecule has 21 heavy (non-hydrogen) atoms. The van der Waals surface area contributed by atoms with Crippen molar-refractivity contribution in [2.24, 2.45) is 0 Å². The Hall–Kier alpha value is -1.11. The van der Waals surface area contributed by atoms with Crippen LogP contribution in [0.1, 0.15) is 18.9 Å². The van der Waals surface area contributed by atoms with Gasteiger partial charge in [-0.25, -0.2) is 8.42 Å². The Morgan fingerprint density at radius 3 is 2.86 bits per heavy atom. The Balaban J connectivity index is 1.91. The van der Waals surface area contributed by atoms with Gasteiger partial charge < -0.3 is 10.2 Å². The molecule has 0 amide bonds. The van der Waals surface area contributed by atoms with Crippen LogP contribution < -0.4 is 5.32 Å². The number of sulfonamides is 1. The van der Waals surface area contributed by atoms with Crippen molar-refractivity contribution < 1.29 is 8.42 Å². The van der Waals surface area contributed by atoms with Crippen LogP contribution in [-0.4, -0.2) is 56.9 Å². The largest absolute Gasteiger partial charge is 0.385 e. The molecule has 0 spiro atoms. The maximum Gasteiger partial charge on any atom is 0.243 e. The summed E-state index contributed by atoms with van der Waals surface area (Å²) in [6, 6.07) is 5.50. The van der Waals surface area contributed by atoms with E-state index in [9.17, 15) is 8.42 Å². The van der Waals surface area contributed by atoms with E-state index in [2.05, 4.69) is 10.2 Å².